The lowest BCUT2D eigenvalue weighted by Gasteiger charge is -2.54. The van der Waals surface area contributed by atoms with Crippen LogP contribution in [-0.2, 0) is 16.1 Å². The van der Waals surface area contributed by atoms with Crippen molar-refractivity contribution in [2.75, 3.05) is 13.1 Å². The van der Waals surface area contributed by atoms with Gasteiger partial charge >= 0.3 is 0 Å². The summed E-state index contributed by atoms with van der Waals surface area (Å²) in [6.07, 6.45) is 6.86. The molecule has 0 aromatic heterocycles. The number of carbonyl (C=O) groups is 2. The van der Waals surface area contributed by atoms with E-state index in [-0.39, 0.29) is 24.3 Å². The number of amides is 2. The first-order chi connectivity index (χ1) is 13.7. The minimum atomic E-state index is -0.370. The Kier molecular flexibility index (Phi) is 4.87. The molecule has 150 valence electrons. The van der Waals surface area contributed by atoms with Gasteiger partial charge < -0.3 is 10.6 Å². The van der Waals surface area contributed by atoms with Crippen molar-refractivity contribution in [3.63, 3.8) is 0 Å². The maximum atomic E-state index is 12.9. The smallest absolute Gasteiger partial charge is 0.237 e. The van der Waals surface area contributed by atoms with Crippen LogP contribution in [0.4, 0.5) is 0 Å². The van der Waals surface area contributed by atoms with Crippen LogP contribution in [0.25, 0.3) is 0 Å². The summed E-state index contributed by atoms with van der Waals surface area (Å²) >= 11 is 0. The van der Waals surface area contributed by atoms with Gasteiger partial charge in [-0.2, -0.15) is 0 Å². The molecular formula is C23H31N3O2. The highest BCUT2D eigenvalue weighted by molar-refractivity contribution is 5.89. The van der Waals surface area contributed by atoms with Crippen molar-refractivity contribution >= 4 is 11.8 Å². The second-order valence-electron chi connectivity index (χ2n) is 9.49. The van der Waals surface area contributed by atoms with Gasteiger partial charge in [0.2, 0.25) is 11.8 Å². The monoisotopic (exact) mass is 381 g/mol. The molecule has 2 N–H and O–H groups in total. The van der Waals surface area contributed by atoms with E-state index in [1.807, 2.05) is 18.2 Å². The van der Waals surface area contributed by atoms with E-state index in [4.69, 9.17) is 0 Å². The van der Waals surface area contributed by atoms with Crippen molar-refractivity contribution in [1.29, 1.82) is 0 Å². The van der Waals surface area contributed by atoms with Gasteiger partial charge in [0.1, 0.15) is 0 Å². The molecule has 5 nitrogen and oxygen atoms in total. The van der Waals surface area contributed by atoms with Gasteiger partial charge in [0, 0.05) is 25.7 Å². The molecule has 1 heterocycles. The highest BCUT2D eigenvalue weighted by atomic mass is 16.2. The molecular weight excluding hydrogens is 350 g/mol. The Morgan fingerprint density at radius 2 is 1.71 bits per heavy atom. The van der Waals surface area contributed by atoms with Gasteiger partial charge in [-0.05, 0) is 61.3 Å². The van der Waals surface area contributed by atoms with E-state index in [2.05, 4.69) is 27.7 Å². The first-order valence-corrected chi connectivity index (χ1v) is 11.0. The molecule has 5 heteroatoms. The van der Waals surface area contributed by atoms with Gasteiger partial charge in [-0.1, -0.05) is 30.3 Å². The summed E-state index contributed by atoms with van der Waals surface area (Å²) in [7, 11) is 0. The molecule has 6 rings (SSSR count). The largest absolute Gasteiger partial charge is 0.353 e. The summed E-state index contributed by atoms with van der Waals surface area (Å²) in [4.78, 5) is 27.6. The summed E-state index contributed by atoms with van der Waals surface area (Å²) in [5.41, 5.74) is 1.18. The van der Waals surface area contributed by atoms with Crippen LogP contribution in [0.3, 0.4) is 0 Å². The summed E-state index contributed by atoms with van der Waals surface area (Å²) in [6, 6.07) is 10.2. The Balaban J connectivity index is 1.23. The molecule has 2 amide bonds. The normalized spacial score (nSPS) is 36.9. The first kappa shape index (κ1) is 18.2. The summed E-state index contributed by atoms with van der Waals surface area (Å²) in [5.74, 6) is 3.18. The molecule has 1 aromatic rings. The SMILES string of the molecule is O=C(CC1C(=O)NCCN1Cc1ccccc1)NC1C2CC3CC(C2)CC1C3. The van der Waals surface area contributed by atoms with Crippen LogP contribution in [-0.4, -0.2) is 41.9 Å². The quantitative estimate of drug-likeness (QED) is 0.823. The van der Waals surface area contributed by atoms with Gasteiger partial charge in [0.05, 0.1) is 12.5 Å². The van der Waals surface area contributed by atoms with E-state index in [0.29, 0.717) is 31.0 Å². The van der Waals surface area contributed by atoms with E-state index < -0.39 is 0 Å². The summed E-state index contributed by atoms with van der Waals surface area (Å²) < 4.78 is 0. The molecule has 1 saturated heterocycles. The molecule has 4 bridgehead atoms. The number of carbonyl (C=O) groups excluding carboxylic acids is 2. The van der Waals surface area contributed by atoms with Crippen LogP contribution in [0.2, 0.25) is 0 Å². The predicted molar refractivity (Wildman–Crippen MR) is 107 cm³/mol. The van der Waals surface area contributed by atoms with Crippen molar-refractivity contribution in [2.45, 2.75) is 57.2 Å². The highest BCUT2D eigenvalue weighted by Gasteiger charge is 2.48. The Hall–Kier alpha value is -1.88. The minimum absolute atomic E-state index is 0.0117. The first-order valence-electron chi connectivity index (χ1n) is 11.0. The zero-order valence-corrected chi connectivity index (χ0v) is 16.5. The van der Waals surface area contributed by atoms with Gasteiger partial charge in [-0.3, -0.25) is 14.5 Å². The molecule has 1 unspecified atom stereocenters. The molecule has 28 heavy (non-hydrogen) atoms. The Bertz CT molecular complexity index is 707. The number of nitrogens with one attached hydrogen (secondary N) is 2. The molecule has 4 saturated carbocycles. The maximum Gasteiger partial charge on any atom is 0.237 e. The third-order valence-electron chi connectivity index (χ3n) is 7.60. The highest BCUT2D eigenvalue weighted by Crippen LogP contribution is 2.53. The van der Waals surface area contributed by atoms with Crippen LogP contribution >= 0.6 is 0 Å². The topological polar surface area (TPSA) is 61.4 Å². The van der Waals surface area contributed by atoms with Crippen molar-refractivity contribution in [1.82, 2.24) is 15.5 Å². The lowest BCUT2D eigenvalue weighted by atomic mass is 9.54. The molecule has 5 aliphatic rings. The van der Waals surface area contributed by atoms with Gasteiger partial charge in [0.25, 0.3) is 0 Å². The van der Waals surface area contributed by atoms with E-state index >= 15 is 0 Å². The average Bonchev–Trinajstić information content (AvgIpc) is 2.68. The van der Waals surface area contributed by atoms with Crippen molar-refractivity contribution in [2.24, 2.45) is 23.7 Å². The average molecular weight is 382 g/mol. The fourth-order valence-corrected chi connectivity index (χ4v) is 6.57. The van der Waals surface area contributed by atoms with Gasteiger partial charge in [-0.25, -0.2) is 0 Å². The Morgan fingerprint density at radius 1 is 1.04 bits per heavy atom. The number of hydrogen-bond acceptors (Lipinski definition) is 3. The summed E-state index contributed by atoms with van der Waals surface area (Å²) in [5, 5.41) is 6.32. The van der Waals surface area contributed by atoms with Gasteiger partial charge in [0.15, 0.2) is 0 Å². The lowest BCUT2D eigenvalue weighted by molar-refractivity contribution is -0.135. The number of benzene rings is 1. The number of rotatable bonds is 5. The minimum Gasteiger partial charge on any atom is -0.353 e. The van der Waals surface area contributed by atoms with Crippen LogP contribution < -0.4 is 10.6 Å². The molecule has 0 radical (unpaired) electrons. The lowest BCUT2D eigenvalue weighted by Crippen LogP contribution is -2.59. The second-order valence-corrected chi connectivity index (χ2v) is 9.49. The molecule has 0 spiro atoms. The van der Waals surface area contributed by atoms with Gasteiger partial charge in [-0.15, -0.1) is 0 Å². The number of hydrogen-bond donors (Lipinski definition) is 2. The van der Waals surface area contributed by atoms with E-state index in [0.717, 1.165) is 18.4 Å². The number of nitrogens with zero attached hydrogens (tertiary/aromatic N) is 1. The third kappa shape index (κ3) is 3.57. The zero-order valence-electron chi connectivity index (χ0n) is 16.5. The molecule has 1 aromatic carbocycles. The van der Waals surface area contributed by atoms with Crippen molar-refractivity contribution in [3.8, 4) is 0 Å². The molecule has 5 fully saturated rings. The predicted octanol–water partition coefficient (Wildman–Crippen LogP) is 2.32. The standard InChI is InChI=1S/C23H31N3O2/c27-21(25-22-18-9-16-8-17(11-18)12-19(22)10-16)13-20-23(28)24-6-7-26(20)14-15-4-2-1-3-5-15/h1-5,16-20,22H,6-14H2,(H,24,28)(H,25,27). The van der Waals surface area contributed by atoms with Crippen LogP contribution in [0.5, 0.6) is 0 Å². The zero-order chi connectivity index (χ0) is 19.1. The second kappa shape index (κ2) is 7.51. The van der Waals surface area contributed by atoms with Crippen LogP contribution in [0.1, 0.15) is 44.1 Å². The maximum absolute atomic E-state index is 12.9. The fourth-order valence-electron chi connectivity index (χ4n) is 6.57. The van der Waals surface area contributed by atoms with Crippen LogP contribution in [0.15, 0.2) is 30.3 Å². The number of piperazine rings is 1. The Morgan fingerprint density at radius 3 is 2.39 bits per heavy atom. The fraction of sp³-hybridized carbons (Fsp3) is 0.652. The van der Waals surface area contributed by atoms with E-state index in [9.17, 15) is 9.59 Å². The van der Waals surface area contributed by atoms with Crippen LogP contribution in [0, 0.1) is 23.7 Å². The molecule has 1 aliphatic heterocycles. The van der Waals surface area contributed by atoms with Crippen molar-refractivity contribution in [3.05, 3.63) is 35.9 Å². The summed E-state index contributed by atoms with van der Waals surface area (Å²) in [6.45, 7) is 2.15. The molecule has 4 aliphatic carbocycles. The molecule has 1 atom stereocenters. The third-order valence-corrected chi connectivity index (χ3v) is 7.60. The van der Waals surface area contributed by atoms with E-state index in [1.165, 1.54) is 37.7 Å². The Labute approximate surface area is 167 Å². The van der Waals surface area contributed by atoms with E-state index in [1.54, 1.807) is 0 Å². The van der Waals surface area contributed by atoms with Crippen molar-refractivity contribution < 1.29 is 9.59 Å².